The maximum Gasteiger partial charge on any atom is 0.303 e. The molecule has 0 aromatic heterocycles. The fourth-order valence-corrected chi connectivity index (χ4v) is 4.31. The Morgan fingerprint density at radius 2 is 1.80 bits per heavy atom. The molecule has 2 fully saturated rings. The van der Waals surface area contributed by atoms with Crippen LogP contribution in [0.25, 0.3) is 0 Å². The molecular formula is C23H23Cl2NO4. The Morgan fingerprint density at radius 1 is 1.07 bits per heavy atom. The van der Waals surface area contributed by atoms with Crippen LogP contribution in [-0.2, 0) is 14.3 Å². The van der Waals surface area contributed by atoms with Crippen molar-refractivity contribution in [1.29, 1.82) is 0 Å². The van der Waals surface area contributed by atoms with Crippen molar-refractivity contribution in [3.8, 4) is 0 Å². The standard InChI is InChI=1S/C23H23Cl2NO4/c24-17-8-6-15(7-9-17)21-22(16-2-1-3-18(25)12-16)30-19(10-11-20(27)28)23(29)26(21)13-14-4-5-14/h1-3,6-9,12,14,19,21-22H,4-5,10-11,13H2,(H,27,28)/t19-,21+,22-/m1/s1. The number of ether oxygens (including phenoxy) is 1. The van der Waals surface area contributed by atoms with Crippen molar-refractivity contribution in [2.45, 2.75) is 43.9 Å². The normalized spacial score (nSPS) is 24.1. The number of carboxylic acid groups (broad SMARTS) is 1. The minimum atomic E-state index is -0.945. The van der Waals surface area contributed by atoms with Gasteiger partial charge in [-0.2, -0.15) is 0 Å². The van der Waals surface area contributed by atoms with Gasteiger partial charge in [0.05, 0.1) is 6.04 Å². The second-order valence-corrected chi connectivity index (χ2v) is 8.84. The predicted molar refractivity (Wildman–Crippen MR) is 115 cm³/mol. The van der Waals surface area contributed by atoms with E-state index in [1.54, 1.807) is 6.07 Å². The fraction of sp³-hybridized carbons (Fsp3) is 0.391. The van der Waals surface area contributed by atoms with Crippen LogP contribution in [-0.4, -0.2) is 34.5 Å². The summed E-state index contributed by atoms with van der Waals surface area (Å²) in [5, 5.41) is 10.3. The lowest BCUT2D eigenvalue weighted by Gasteiger charge is -2.45. The molecule has 1 saturated carbocycles. The Balaban J connectivity index is 1.75. The highest BCUT2D eigenvalue weighted by Gasteiger charge is 2.45. The van der Waals surface area contributed by atoms with Gasteiger partial charge in [-0.1, -0.05) is 47.5 Å². The molecule has 158 valence electrons. The zero-order chi connectivity index (χ0) is 21.3. The summed E-state index contributed by atoms with van der Waals surface area (Å²) < 4.78 is 6.27. The molecule has 1 aliphatic carbocycles. The quantitative estimate of drug-likeness (QED) is 0.626. The van der Waals surface area contributed by atoms with E-state index >= 15 is 0 Å². The number of morpholine rings is 1. The Labute approximate surface area is 185 Å². The molecule has 4 rings (SSSR count). The minimum Gasteiger partial charge on any atom is -0.481 e. The number of aliphatic carboxylic acids is 1. The first-order valence-electron chi connectivity index (χ1n) is 10.1. The first kappa shape index (κ1) is 21.2. The highest BCUT2D eigenvalue weighted by molar-refractivity contribution is 6.30. The summed E-state index contributed by atoms with van der Waals surface area (Å²) in [6.07, 6.45) is 0.952. The predicted octanol–water partition coefficient (Wildman–Crippen LogP) is 5.28. The zero-order valence-electron chi connectivity index (χ0n) is 16.3. The summed E-state index contributed by atoms with van der Waals surface area (Å²) in [4.78, 5) is 26.4. The molecule has 0 bridgehead atoms. The van der Waals surface area contributed by atoms with Crippen LogP contribution in [0.3, 0.4) is 0 Å². The molecule has 0 radical (unpaired) electrons. The maximum atomic E-state index is 13.4. The van der Waals surface area contributed by atoms with Gasteiger partial charge in [-0.05, 0) is 60.6 Å². The lowest BCUT2D eigenvalue weighted by Crippen LogP contribution is -2.51. The highest BCUT2D eigenvalue weighted by atomic mass is 35.5. The van der Waals surface area contributed by atoms with Crippen molar-refractivity contribution >= 4 is 35.1 Å². The van der Waals surface area contributed by atoms with Gasteiger partial charge in [0.1, 0.15) is 12.2 Å². The molecule has 3 atom stereocenters. The van der Waals surface area contributed by atoms with Crippen molar-refractivity contribution in [2.24, 2.45) is 5.92 Å². The van der Waals surface area contributed by atoms with Gasteiger partial charge in [-0.15, -0.1) is 0 Å². The second kappa shape index (κ2) is 8.96. The molecule has 1 saturated heterocycles. The van der Waals surface area contributed by atoms with E-state index in [0.717, 1.165) is 24.0 Å². The first-order chi connectivity index (χ1) is 14.4. The summed E-state index contributed by atoms with van der Waals surface area (Å²) in [5.41, 5.74) is 1.78. The first-order valence-corrected chi connectivity index (χ1v) is 10.9. The van der Waals surface area contributed by atoms with Crippen molar-refractivity contribution < 1.29 is 19.4 Å². The van der Waals surface area contributed by atoms with E-state index in [4.69, 9.17) is 33.0 Å². The number of nitrogens with zero attached hydrogens (tertiary/aromatic N) is 1. The van der Waals surface area contributed by atoms with E-state index in [-0.39, 0.29) is 24.8 Å². The molecule has 1 N–H and O–H groups in total. The van der Waals surface area contributed by atoms with Crippen molar-refractivity contribution in [3.05, 3.63) is 69.7 Å². The summed E-state index contributed by atoms with van der Waals surface area (Å²) >= 11 is 12.3. The Kier molecular flexibility index (Phi) is 6.32. The van der Waals surface area contributed by atoms with Crippen LogP contribution in [0.4, 0.5) is 0 Å². The highest BCUT2D eigenvalue weighted by Crippen LogP contribution is 2.45. The summed E-state index contributed by atoms with van der Waals surface area (Å²) in [5.74, 6) is -0.623. The van der Waals surface area contributed by atoms with Gasteiger partial charge in [0.25, 0.3) is 5.91 Å². The van der Waals surface area contributed by atoms with E-state index in [0.29, 0.717) is 22.5 Å². The summed E-state index contributed by atoms with van der Waals surface area (Å²) in [6, 6.07) is 14.5. The zero-order valence-corrected chi connectivity index (χ0v) is 17.9. The second-order valence-electron chi connectivity index (χ2n) is 7.96. The molecule has 2 aromatic rings. The average molecular weight is 448 g/mol. The van der Waals surface area contributed by atoms with Crippen molar-refractivity contribution in [2.75, 3.05) is 6.54 Å². The maximum absolute atomic E-state index is 13.4. The molecule has 1 amide bonds. The van der Waals surface area contributed by atoms with Crippen molar-refractivity contribution in [1.82, 2.24) is 4.90 Å². The van der Waals surface area contributed by atoms with Gasteiger partial charge in [0.2, 0.25) is 0 Å². The van der Waals surface area contributed by atoms with Gasteiger partial charge in [0, 0.05) is 23.0 Å². The van der Waals surface area contributed by atoms with Crippen LogP contribution in [0.1, 0.15) is 49.0 Å². The van der Waals surface area contributed by atoms with E-state index in [9.17, 15) is 9.59 Å². The van der Waals surface area contributed by atoms with Crippen LogP contribution in [0.5, 0.6) is 0 Å². The number of carbonyl (C=O) groups excluding carboxylic acids is 1. The van der Waals surface area contributed by atoms with Crippen molar-refractivity contribution in [3.63, 3.8) is 0 Å². The molecule has 30 heavy (non-hydrogen) atoms. The molecular weight excluding hydrogens is 425 g/mol. The summed E-state index contributed by atoms with van der Waals surface area (Å²) in [6.45, 7) is 0.635. The number of amides is 1. The third kappa shape index (κ3) is 4.80. The van der Waals surface area contributed by atoms with Crippen LogP contribution >= 0.6 is 23.2 Å². The van der Waals surface area contributed by atoms with E-state index < -0.39 is 18.2 Å². The van der Waals surface area contributed by atoms with E-state index in [1.165, 1.54) is 0 Å². The molecule has 1 heterocycles. The molecule has 1 aliphatic heterocycles. The van der Waals surface area contributed by atoms with E-state index in [1.807, 2.05) is 47.4 Å². The number of rotatable bonds is 7. The van der Waals surface area contributed by atoms with Gasteiger partial charge < -0.3 is 14.7 Å². The lowest BCUT2D eigenvalue weighted by molar-refractivity contribution is -0.176. The number of carbonyl (C=O) groups is 2. The van der Waals surface area contributed by atoms with Gasteiger partial charge in [0.15, 0.2) is 0 Å². The van der Waals surface area contributed by atoms with E-state index in [2.05, 4.69) is 0 Å². The summed E-state index contributed by atoms with van der Waals surface area (Å²) in [7, 11) is 0. The Hall–Kier alpha value is -2.08. The van der Waals surface area contributed by atoms with Crippen LogP contribution < -0.4 is 0 Å². The number of hydrogen-bond donors (Lipinski definition) is 1. The topological polar surface area (TPSA) is 66.8 Å². The SMILES string of the molecule is O=C(O)CC[C@H]1O[C@H](c2cccc(Cl)c2)[C@H](c2ccc(Cl)cc2)N(CC2CC2)C1=O. The smallest absolute Gasteiger partial charge is 0.303 e. The number of hydrogen-bond acceptors (Lipinski definition) is 3. The molecule has 2 aromatic carbocycles. The molecule has 0 spiro atoms. The lowest BCUT2D eigenvalue weighted by atomic mass is 9.90. The Bertz CT molecular complexity index is 929. The third-order valence-corrected chi connectivity index (χ3v) is 6.14. The fourth-order valence-electron chi connectivity index (χ4n) is 3.98. The number of benzene rings is 2. The van der Waals surface area contributed by atoms with Gasteiger partial charge in [-0.25, -0.2) is 0 Å². The monoisotopic (exact) mass is 447 g/mol. The molecule has 2 aliphatic rings. The minimum absolute atomic E-state index is 0.123. The number of carboxylic acids is 1. The largest absolute Gasteiger partial charge is 0.481 e. The number of halogens is 2. The van der Waals surface area contributed by atoms with Gasteiger partial charge in [-0.3, -0.25) is 9.59 Å². The molecule has 7 heteroatoms. The molecule has 0 unspecified atom stereocenters. The van der Waals surface area contributed by atoms with Crippen LogP contribution in [0, 0.1) is 5.92 Å². The average Bonchev–Trinajstić information content (AvgIpc) is 3.53. The van der Waals surface area contributed by atoms with Crippen LogP contribution in [0.15, 0.2) is 48.5 Å². The third-order valence-electron chi connectivity index (χ3n) is 5.65. The van der Waals surface area contributed by atoms with Gasteiger partial charge >= 0.3 is 5.97 Å². The van der Waals surface area contributed by atoms with Crippen LogP contribution in [0.2, 0.25) is 10.0 Å². The molecule has 5 nitrogen and oxygen atoms in total. The Morgan fingerprint density at radius 3 is 2.43 bits per heavy atom.